The summed E-state index contributed by atoms with van der Waals surface area (Å²) in [7, 11) is 1.94. The Balaban J connectivity index is 2.01. The van der Waals surface area contributed by atoms with Gasteiger partial charge in [-0.05, 0) is 42.5 Å². The van der Waals surface area contributed by atoms with E-state index < -0.39 is 0 Å². The van der Waals surface area contributed by atoms with Gasteiger partial charge in [-0.15, -0.1) is 0 Å². The molecule has 1 saturated heterocycles. The standard InChI is InChI=1S/C14H18N2O/c1-16-13-6-3-9-2-4-10(15)8-12(9)11(13)5-7-14(16)17/h2,4,8,11,13H,3,5-7,15H2,1H3. The smallest absolute Gasteiger partial charge is 0.222 e. The van der Waals surface area contributed by atoms with E-state index in [9.17, 15) is 4.79 Å². The van der Waals surface area contributed by atoms with Gasteiger partial charge in [0, 0.05) is 31.1 Å². The van der Waals surface area contributed by atoms with Crippen molar-refractivity contribution in [2.24, 2.45) is 0 Å². The van der Waals surface area contributed by atoms with Crippen LogP contribution in [0.3, 0.4) is 0 Å². The summed E-state index contributed by atoms with van der Waals surface area (Å²) in [6.07, 6.45) is 3.80. The third-order valence-corrected chi connectivity index (χ3v) is 4.30. The predicted molar refractivity (Wildman–Crippen MR) is 67.7 cm³/mol. The summed E-state index contributed by atoms with van der Waals surface area (Å²) in [6.45, 7) is 0. The number of hydrogen-bond donors (Lipinski definition) is 1. The van der Waals surface area contributed by atoms with Crippen LogP contribution in [0.2, 0.25) is 0 Å². The van der Waals surface area contributed by atoms with Crippen molar-refractivity contribution in [3.8, 4) is 0 Å². The molecule has 1 amide bonds. The first-order valence-electron chi connectivity index (χ1n) is 6.31. The van der Waals surface area contributed by atoms with Crippen molar-refractivity contribution < 1.29 is 4.79 Å². The Labute approximate surface area is 102 Å². The average Bonchev–Trinajstić information content (AvgIpc) is 2.33. The van der Waals surface area contributed by atoms with E-state index in [1.165, 1.54) is 11.1 Å². The summed E-state index contributed by atoms with van der Waals surface area (Å²) >= 11 is 0. The minimum Gasteiger partial charge on any atom is -0.399 e. The van der Waals surface area contributed by atoms with E-state index in [0.29, 0.717) is 24.3 Å². The molecule has 0 spiro atoms. The molecule has 0 saturated carbocycles. The molecule has 0 bridgehead atoms. The van der Waals surface area contributed by atoms with Crippen LogP contribution in [0.1, 0.15) is 36.3 Å². The summed E-state index contributed by atoms with van der Waals surface area (Å²) in [5.41, 5.74) is 9.52. The zero-order valence-corrected chi connectivity index (χ0v) is 10.1. The number of piperidine rings is 1. The molecule has 1 aromatic carbocycles. The highest BCUT2D eigenvalue weighted by Gasteiger charge is 2.37. The van der Waals surface area contributed by atoms with E-state index in [-0.39, 0.29) is 0 Å². The van der Waals surface area contributed by atoms with Crippen LogP contribution in [-0.4, -0.2) is 23.9 Å². The zero-order valence-electron chi connectivity index (χ0n) is 10.1. The Hall–Kier alpha value is -1.51. The number of benzene rings is 1. The number of carbonyl (C=O) groups is 1. The molecular weight excluding hydrogens is 212 g/mol. The molecule has 0 aromatic heterocycles. The molecule has 2 unspecified atom stereocenters. The van der Waals surface area contributed by atoms with Crippen LogP contribution in [0.4, 0.5) is 5.69 Å². The lowest BCUT2D eigenvalue weighted by atomic mass is 9.74. The Morgan fingerprint density at radius 3 is 2.94 bits per heavy atom. The van der Waals surface area contributed by atoms with Crippen LogP contribution in [0, 0.1) is 0 Å². The number of nitrogen functional groups attached to an aromatic ring is 1. The van der Waals surface area contributed by atoms with E-state index in [1.54, 1.807) is 0 Å². The molecule has 2 N–H and O–H groups in total. The van der Waals surface area contributed by atoms with Gasteiger partial charge in [0.1, 0.15) is 0 Å². The van der Waals surface area contributed by atoms with Crippen molar-refractivity contribution in [3.63, 3.8) is 0 Å². The minimum atomic E-state index is 0.290. The number of nitrogens with two attached hydrogens (primary N) is 1. The number of nitrogens with zero attached hydrogens (tertiary/aromatic N) is 1. The molecule has 1 fully saturated rings. The van der Waals surface area contributed by atoms with Crippen LogP contribution in [0.25, 0.3) is 0 Å². The fourth-order valence-corrected chi connectivity index (χ4v) is 3.35. The highest BCUT2D eigenvalue weighted by atomic mass is 16.2. The van der Waals surface area contributed by atoms with Gasteiger partial charge >= 0.3 is 0 Å². The van der Waals surface area contributed by atoms with Crippen LogP contribution < -0.4 is 5.73 Å². The molecule has 17 heavy (non-hydrogen) atoms. The number of rotatable bonds is 0. The maximum Gasteiger partial charge on any atom is 0.222 e. The first-order chi connectivity index (χ1) is 8.16. The molecule has 1 aromatic rings. The minimum absolute atomic E-state index is 0.290. The highest BCUT2D eigenvalue weighted by molar-refractivity contribution is 5.77. The van der Waals surface area contributed by atoms with E-state index in [4.69, 9.17) is 5.73 Å². The average molecular weight is 230 g/mol. The first-order valence-corrected chi connectivity index (χ1v) is 6.31. The number of aryl methyl sites for hydroxylation is 1. The third kappa shape index (κ3) is 1.61. The Kier molecular flexibility index (Phi) is 2.35. The third-order valence-electron chi connectivity index (χ3n) is 4.30. The van der Waals surface area contributed by atoms with Gasteiger partial charge in [-0.2, -0.15) is 0 Å². The van der Waals surface area contributed by atoms with E-state index in [1.807, 2.05) is 18.0 Å². The van der Waals surface area contributed by atoms with Crippen molar-refractivity contribution in [1.29, 1.82) is 0 Å². The van der Waals surface area contributed by atoms with E-state index >= 15 is 0 Å². The first kappa shape index (κ1) is 10.6. The van der Waals surface area contributed by atoms with Crippen LogP contribution in [0.5, 0.6) is 0 Å². The van der Waals surface area contributed by atoms with Crippen molar-refractivity contribution in [2.45, 2.75) is 37.6 Å². The van der Waals surface area contributed by atoms with Crippen LogP contribution in [-0.2, 0) is 11.2 Å². The fraction of sp³-hybridized carbons (Fsp3) is 0.500. The summed E-state index contributed by atoms with van der Waals surface area (Å²) < 4.78 is 0. The molecule has 90 valence electrons. The number of fused-ring (bicyclic) bond motifs is 3. The molecular formula is C14H18N2O. The quantitative estimate of drug-likeness (QED) is 0.692. The van der Waals surface area contributed by atoms with E-state index in [2.05, 4.69) is 12.1 Å². The van der Waals surface area contributed by atoms with Gasteiger partial charge in [0.25, 0.3) is 0 Å². The van der Waals surface area contributed by atoms with Gasteiger partial charge in [0.05, 0.1) is 0 Å². The number of anilines is 1. The van der Waals surface area contributed by atoms with Crippen molar-refractivity contribution in [1.82, 2.24) is 4.90 Å². The van der Waals surface area contributed by atoms with Crippen molar-refractivity contribution in [3.05, 3.63) is 29.3 Å². The molecule has 1 aliphatic heterocycles. The van der Waals surface area contributed by atoms with Crippen LogP contribution in [0.15, 0.2) is 18.2 Å². The molecule has 1 aliphatic carbocycles. The zero-order chi connectivity index (χ0) is 12.0. The normalized spacial score (nSPS) is 27.6. The van der Waals surface area contributed by atoms with Crippen molar-refractivity contribution >= 4 is 11.6 Å². The van der Waals surface area contributed by atoms with Gasteiger partial charge < -0.3 is 10.6 Å². The summed E-state index contributed by atoms with van der Waals surface area (Å²) in [6, 6.07) is 6.62. The highest BCUT2D eigenvalue weighted by Crippen LogP contribution is 2.40. The summed E-state index contributed by atoms with van der Waals surface area (Å²) in [5.74, 6) is 0.781. The van der Waals surface area contributed by atoms with Gasteiger partial charge in [0.2, 0.25) is 5.91 Å². The number of carbonyl (C=O) groups excluding carboxylic acids is 1. The van der Waals surface area contributed by atoms with Crippen LogP contribution >= 0.6 is 0 Å². The maximum atomic E-state index is 11.7. The lowest BCUT2D eigenvalue weighted by Gasteiger charge is -2.43. The Bertz CT molecular complexity index is 469. The molecule has 3 nitrogen and oxygen atoms in total. The number of amides is 1. The monoisotopic (exact) mass is 230 g/mol. The van der Waals surface area contributed by atoms with Gasteiger partial charge in [0.15, 0.2) is 0 Å². The Morgan fingerprint density at radius 2 is 2.12 bits per heavy atom. The topological polar surface area (TPSA) is 46.3 Å². The lowest BCUT2D eigenvalue weighted by Crippen LogP contribution is -2.47. The van der Waals surface area contributed by atoms with Gasteiger partial charge in [-0.3, -0.25) is 4.79 Å². The predicted octanol–water partition coefficient (Wildman–Crippen LogP) is 1.92. The Morgan fingerprint density at radius 1 is 1.29 bits per heavy atom. The second-order valence-corrected chi connectivity index (χ2v) is 5.21. The molecule has 3 heteroatoms. The second-order valence-electron chi connectivity index (χ2n) is 5.21. The molecule has 1 heterocycles. The molecule has 3 rings (SSSR count). The second kappa shape index (κ2) is 3.76. The number of likely N-dealkylation sites (tertiary alicyclic amines) is 1. The van der Waals surface area contributed by atoms with Gasteiger partial charge in [-0.25, -0.2) is 0 Å². The SMILES string of the molecule is CN1C(=O)CCC2c3cc(N)ccc3CCC21. The lowest BCUT2D eigenvalue weighted by molar-refractivity contribution is -0.135. The maximum absolute atomic E-state index is 11.7. The fourth-order valence-electron chi connectivity index (χ4n) is 3.35. The largest absolute Gasteiger partial charge is 0.399 e. The summed E-state index contributed by atoms with van der Waals surface area (Å²) in [5, 5.41) is 0. The van der Waals surface area contributed by atoms with E-state index in [0.717, 1.165) is 24.9 Å². The van der Waals surface area contributed by atoms with Gasteiger partial charge in [-0.1, -0.05) is 6.07 Å². The molecule has 0 radical (unpaired) electrons. The summed E-state index contributed by atoms with van der Waals surface area (Å²) in [4.78, 5) is 13.7. The van der Waals surface area contributed by atoms with Crippen molar-refractivity contribution in [2.75, 3.05) is 12.8 Å². The molecule has 2 atom stereocenters. The molecule has 2 aliphatic rings. The number of hydrogen-bond acceptors (Lipinski definition) is 2. The number of likely N-dealkylation sites (N-methyl/N-ethyl adjacent to an activating group) is 1.